The molecule has 0 radical (unpaired) electrons. The minimum absolute atomic E-state index is 0.0495. The highest BCUT2D eigenvalue weighted by molar-refractivity contribution is 8.26. The van der Waals surface area contributed by atoms with Crippen LogP contribution in [-0.4, -0.2) is 29.6 Å². The maximum atomic E-state index is 11.5. The number of carbonyl (C=O) groups is 1. The maximum Gasteiger partial charge on any atom is 0.263 e. The molecule has 1 saturated heterocycles. The fourth-order valence-electron chi connectivity index (χ4n) is 1.69. The smallest absolute Gasteiger partial charge is 0.263 e. The average Bonchev–Trinajstić information content (AvgIpc) is 2.78. The van der Waals surface area contributed by atoms with Crippen LogP contribution in [0.1, 0.15) is 5.56 Å². The lowest BCUT2D eigenvalue weighted by molar-refractivity contribution is -0.115. The monoisotopic (exact) mass is 323 g/mol. The van der Waals surface area contributed by atoms with Gasteiger partial charge in [0.1, 0.15) is 4.32 Å². The zero-order valence-electron chi connectivity index (χ0n) is 11.4. The Labute approximate surface area is 131 Å². The number of allylic oxidation sites excluding steroid dienone is 2. The van der Waals surface area contributed by atoms with Gasteiger partial charge in [0, 0.05) is 0 Å². The topological polar surface area (TPSA) is 67.8 Å². The largest absolute Gasteiger partial charge is 0.502 e. The number of methoxy groups -OCH3 is 2. The van der Waals surface area contributed by atoms with Crippen LogP contribution in [0.25, 0.3) is 6.08 Å². The summed E-state index contributed by atoms with van der Waals surface area (Å²) in [6.07, 6.45) is 5.17. The van der Waals surface area contributed by atoms with Gasteiger partial charge < -0.3 is 19.9 Å². The summed E-state index contributed by atoms with van der Waals surface area (Å²) in [6, 6.07) is 3.33. The van der Waals surface area contributed by atoms with Crippen LogP contribution < -0.4 is 14.8 Å². The lowest BCUT2D eigenvalue weighted by Gasteiger charge is -2.09. The molecule has 1 aliphatic rings. The van der Waals surface area contributed by atoms with Gasteiger partial charge in [0.25, 0.3) is 5.91 Å². The first kappa shape index (κ1) is 15.4. The van der Waals surface area contributed by atoms with Gasteiger partial charge in [0.15, 0.2) is 11.5 Å². The Morgan fingerprint density at radius 1 is 1.29 bits per heavy atom. The second kappa shape index (κ2) is 6.64. The number of hydrogen-bond donors (Lipinski definition) is 2. The first-order chi connectivity index (χ1) is 10.0. The van der Waals surface area contributed by atoms with E-state index in [4.69, 9.17) is 21.7 Å². The fourth-order valence-corrected chi connectivity index (χ4v) is 2.69. The molecule has 1 amide bonds. The Kier molecular flexibility index (Phi) is 4.87. The van der Waals surface area contributed by atoms with Crippen LogP contribution in [-0.2, 0) is 4.79 Å². The highest BCUT2D eigenvalue weighted by Crippen LogP contribution is 2.37. The van der Waals surface area contributed by atoms with E-state index in [1.807, 2.05) is 0 Å². The standard InChI is InChI=1S/C14H13NO4S2/c1-18-9-6-8(7-10(19-2)12(9)16)4-3-5-11-13(17)15-14(20)21-11/h3-7,16H,1-2H3,(H,15,17,20). The number of thiocarbonyl (C=S) groups is 1. The highest BCUT2D eigenvalue weighted by Gasteiger charge is 2.21. The quantitative estimate of drug-likeness (QED) is 0.655. The minimum atomic E-state index is -0.199. The van der Waals surface area contributed by atoms with Crippen LogP contribution in [0.3, 0.4) is 0 Å². The molecule has 2 rings (SSSR count). The van der Waals surface area contributed by atoms with E-state index in [2.05, 4.69) is 5.32 Å². The number of aromatic hydroxyl groups is 1. The van der Waals surface area contributed by atoms with Crippen molar-refractivity contribution < 1.29 is 19.4 Å². The zero-order chi connectivity index (χ0) is 15.4. The predicted molar refractivity (Wildman–Crippen MR) is 86.7 cm³/mol. The third-order valence-electron chi connectivity index (χ3n) is 2.68. The number of thioether (sulfide) groups is 1. The Bertz CT molecular complexity index is 627. The van der Waals surface area contributed by atoms with E-state index in [0.29, 0.717) is 20.7 Å². The molecule has 0 aliphatic carbocycles. The number of hydrogen-bond acceptors (Lipinski definition) is 6. The Hall–Kier alpha value is -1.99. The Balaban J connectivity index is 2.23. The predicted octanol–water partition coefficient (Wildman–Crippen LogP) is 2.45. The van der Waals surface area contributed by atoms with Crippen molar-refractivity contribution in [2.75, 3.05) is 14.2 Å². The van der Waals surface area contributed by atoms with E-state index in [1.54, 1.807) is 30.4 Å². The van der Waals surface area contributed by atoms with Gasteiger partial charge in [-0.3, -0.25) is 4.79 Å². The molecule has 1 aromatic carbocycles. The van der Waals surface area contributed by atoms with E-state index in [0.717, 1.165) is 5.56 Å². The fraction of sp³-hybridized carbons (Fsp3) is 0.143. The van der Waals surface area contributed by atoms with E-state index in [-0.39, 0.29) is 11.7 Å². The lowest BCUT2D eigenvalue weighted by Crippen LogP contribution is -2.17. The van der Waals surface area contributed by atoms with E-state index < -0.39 is 0 Å². The number of rotatable bonds is 4. The molecule has 1 heterocycles. The maximum absolute atomic E-state index is 11.5. The molecule has 0 atom stereocenters. The molecule has 7 heteroatoms. The third-order valence-corrected chi connectivity index (χ3v) is 3.86. The van der Waals surface area contributed by atoms with Crippen LogP contribution in [0.15, 0.2) is 29.2 Å². The van der Waals surface area contributed by atoms with Gasteiger partial charge in [0.2, 0.25) is 5.75 Å². The number of ether oxygens (including phenoxy) is 2. The van der Waals surface area contributed by atoms with Gasteiger partial charge in [-0.1, -0.05) is 36.1 Å². The van der Waals surface area contributed by atoms with Crippen LogP contribution in [0.2, 0.25) is 0 Å². The number of phenols is 1. The van der Waals surface area contributed by atoms with Gasteiger partial charge in [-0.2, -0.15) is 0 Å². The molecule has 0 aromatic heterocycles. The highest BCUT2D eigenvalue weighted by atomic mass is 32.2. The summed E-state index contributed by atoms with van der Waals surface area (Å²) in [5.74, 6) is 0.383. The van der Waals surface area contributed by atoms with Gasteiger partial charge in [-0.15, -0.1) is 0 Å². The number of nitrogens with one attached hydrogen (secondary N) is 1. The van der Waals surface area contributed by atoms with Gasteiger partial charge in [0.05, 0.1) is 19.1 Å². The molecule has 110 valence electrons. The van der Waals surface area contributed by atoms with Gasteiger partial charge in [-0.25, -0.2) is 0 Å². The van der Waals surface area contributed by atoms with Crippen molar-refractivity contribution in [3.63, 3.8) is 0 Å². The molecular weight excluding hydrogens is 310 g/mol. The summed E-state index contributed by atoms with van der Waals surface area (Å²) in [5.41, 5.74) is 0.768. The summed E-state index contributed by atoms with van der Waals surface area (Å²) in [5, 5.41) is 12.4. The van der Waals surface area contributed by atoms with Crippen molar-refractivity contribution >= 4 is 40.3 Å². The van der Waals surface area contributed by atoms with Crippen molar-refractivity contribution in [1.29, 1.82) is 0 Å². The van der Waals surface area contributed by atoms with Crippen molar-refractivity contribution in [3.05, 3.63) is 34.8 Å². The molecule has 0 unspecified atom stereocenters. The van der Waals surface area contributed by atoms with Crippen LogP contribution in [0, 0.1) is 0 Å². The van der Waals surface area contributed by atoms with Gasteiger partial charge >= 0.3 is 0 Å². The van der Waals surface area contributed by atoms with Crippen LogP contribution in [0.5, 0.6) is 17.2 Å². The number of amides is 1. The van der Waals surface area contributed by atoms with E-state index in [1.165, 1.54) is 26.0 Å². The van der Waals surface area contributed by atoms with E-state index in [9.17, 15) is 9.90 Å². The number of phenolic OH excluding ortho intramolecular Hbond substituents is 1. The molecule has 0 bridgehead atoms. The SMILES string of the molecule is COc1cc(C=CC=C2SC(=S)NC2=O)cc(OC)c1O. The number of carbonyl (C=O) groups excluding carboxylic acids is 1. The second-order valence-electron chi connectivity index (χ2n) is 4.01. The van der Waals surface area contributed by atoms with Crippen molar-refractivity contribution in [2.24, 2.45) is 0 Å². The van der Waals surface area contributed by atoms with Crippen molar-refractivity contribution in [3.8, 4) is 17.2 Å². The second-order valence-corrected chi connectivity index (χ2v) is 5.73. The molecule has 21 heavy (non-hydrogen) atoms. The molecule has 5 nitrogen and oxygen atoms in total. The summed E-state index contributed by atoms with van der Waals surface area (Å²) >= 11 is 6.12. The van der Waals surface area contributed by atoms with Gasteiger partial charge in [-0.05, 0) is 23.8 Å². The first-order valence-electron chi connectivity index (χ1n) is 5.91. The average molecular weight is 323 g/mol. The lowest BCUT2D eigenvalue weighted by atomic mass is 10.1. The molecular formula is C14H13NO4S2. The molecule has 0 spiro atoms. The summed E-state index contributed by atoms with van der Waals surface area (Å²) in [6.45, 7) is 0. The molecule has 1 aliphatic heterocycles. The minimum Gasteiger partial charge on any atom is -0.502 e. The third kappa shape index (κ3) is 3.56. The van der Waals surface area contributed by atoms with Crippen LogP contribution in [0.4, 0.5) is 0 Å². The Morgan fingerprint density at radius 2 is 1.90 bits per heavy atom. The normalized spacial score (nSPS) is 16.6. The van der Waals surface area contributed by atoms with Crippen molar-refractivity contribution in [1.82, 2.24) is 5.32 Å². The summed E-state index contributed by atoms with van der Waals surface area (Å²) in [4.78, 5) is 12.0. The van der Waals surface area contributed by atoms with Crippen LogP contribution >= 0.6 is 24.0 Å². The Morgan fingerprint density at radius 3 is 2.38 bits per heavy atom. The first-order valence-corrected chi connectivity index (χ1v) is 7.14. The zero-order valence-corrected chi connectivity index (χ0v) is 13.0. The van der Waals surface area contributed by atoms with E-state index >= 15 is 0 Å². The number of benzene rings is 1. The summed E-state index contributed by atoms with van der Waals surface area (Å²) in [7, 11) is 2.93. The molecule has 0 saturated carbocycles. The molecule has 1 aromatic rings. The summed E-state index contributed by atoms with van der Waals surface area (Å²) < 4.78 is 10.6. The van der Waals surface area contributed by atoms with Crippen molar-refractivity contribution in [2.45, 2.75) is 0 Å². The molecule has 1 fully saturated rings. The molecule has 2 N–H and O–H groups in total.